The number of pyridine rings is 1. The second kappa shape index (κ2) is 5.21. The Kier molecular flexibility index (Phi) is 3.25. The lowest BCUT2D eigenvalue weighted by Crippen LogP contribution is -2.10. The fourth-order valence-electron chi connectivity index (χ4n) is 2.15. The van der Waals surface area contributed by atoms with E-state index < -0.39 is 0 Å². The van der Waals surface area contributed by atoms with Crippen molar-refractivity contribution in [2.45, 2.75) is 0 Å². The van der Waals surface area contributed by atoms with Crippen LogP contribution >= 0.6 is 0 Å². The third-order valence-electron chi connectivity index (χ3n) is 3.19. The molecule has 3 heteroatoms. The largest absolute Gasteiger partial charge is 0.363 e. The summed E-state index contributed by atoms with van der Waals surface area (Å²) in [5.41, 5.74) is 2.11. The highest BCUT2D eigenvalue weighted by molar-refractivity contribution is 5.95. The molecule has 0 fully saturated rings. The van der Waals surface area contributed by atoms with Crippen LogP contribution in [0.15, 0.2) is 54.7 Å². The van der Waals surface area contributed by atoms with Gasteiger partial charge in [-0.05, 0) is 23.6 Å². The standard InChI is InChI=1S/C17H16N3/c1-20(2)17-12-14(10-11-18-17)19-16-9-5-7-13-6-3-4-8-15(13)16/h3-6,8-12H,1-2H3,(H,18,19). The highest BCUT2D eigenvalue weighted by Gasteiger charge is 2.03. The molecular formula is C17H16N3. The zero-order valence-electron chi connectivity index (χ0n) is 11.6. The average molecular weight is 262 g/mol. The highest BCUT2D eigenvalue weighted by Crippen LogP contribution is 2.26. The van der Waals surface area contributed by atoms with Crippen LogP contribution in [0, 0.1) is 6.07 Å². The van der Waals surface area contributed by atoms with E-state index in [4.69, 9.17) is 0 Å². The van der Waals surface area contributed by atoms with Crippen LogP contribution in [0.25, 0.3) is 10.8 Å². The van der Waals surface area contributed by atoms with Crippen molar-refractivity contribution in [1.82, 2.24) is 4.98 Å². The van der Waals surface area contributed by atoms with Crippen LogP contribution in [-0.2, 0) is 0 Å². The number of nitrogens with zero attached hydrogens (tertiary/aromatic N) is 2. The van der Waals surface area contributed by atoms with Crippen molar-refractivity contribution in [3.63, 3.8) is 0 Å². The number of nitrogens with one attached hydrogen (secondary N) is 1. The molecule has 1 radical (unpaired) electrons. The van der Waals surface area contributed by atoms with Gasteiger partial charge >= 0.3 is 0 Å². The van der Waals surface area contributed by atoms with E-state index in [0.29, 0.717) is 0 Å². The maximum Gasteiger partial charge on any atom is 0.130 e. The summed E-state index contributed by atoms with van der Waals surface area (Å²) in [5, 5.41) is 5.73. The second-order valence-electron chi connectivity index (χ2n) is 4.86. The summed E-state index contributed by atoms with van der Waals surface area (Å²) in [7, 11) is 3.97. The summed E-state index contributed by atoms with van der Waals surface area (Å²) in [6.07, 6.45) is 1.81. The Morgan fingerprint density at radius 3 is 2.80 bits per heavy atom. The first-order valence-electron chi connectivity index (χ1n) is 6.54. The summed E-state index contributed by atoms with van der Waals surface area (Å²) < 4.78 is 0. The molecule has 0 unspecified atom stereocenters. The number of anilines is 3. The second-order valence-corrected chi connectivity index (χ2v) is 4.86. The molecule has 3 aromatic rings. The quantitative estimate of drug-likeness (QED) is 0.777. The number of fused-ring (bicyclic) bond motifs is 1. The lowest BCUT2D eigenvalue weighted by molar-refractivity contribution is 1.07. The van der Waals surface area contributed by atoms with Crippen molar-refractivity contribution >= 4 is 28.0 Å². The predicted octanol–water partition coefficient (Wildman–Crippen LogP) is 3.84. The van der Waals surface area contributed by atoms with Crippen LogP contribution in [0.2, 0.25) is 0 Å². The van der Waals surface area contributed by atoms with Crippen LogP contribution in [-0.4, -0.2) is 19.1 Å². The maximum atomic E-state index is 4.32. The molecule has 20 heavy (non-hydrogen) atoms. The first kappa shape index (κ1) is 12.5. The van der Waals surface area contributed by atoms with E-state index in [9.17, 15) is 0 Å². The molecule has 3 rings (SSSR count). The molecule has 1 heterocycles. The van der Waals surface area contributed by atoms with E-state index in [1.807, 2.05) is 61.6 Å². The summed E-state index contributed by atoms with van der Waals surface area (Å²) in [4.78, 5) is 6.31. The Morgan fingerprint density at radius 1 is 1.10 bits per heavy atom. The van der Waals surface area contributed by atoms with Gasteiger partial charge in [-0.25, -0.2) is 4.98 Å². The van der Waals surface area contributed by atoms with Gasteiger partial charge < -0.3 is 10.2 Å². The molecule has 0 aliphatic carbocycles. The van der Waals surface area contributed by atoms with Crippen LogP contribution in [0.5, 0.6) is 0 Å². The van der Waals surface area contributed by atoms with Gasteiger partial charge in [-0.15, -0.1) is 0 Å². The van der Waals surface area contributed by atoms with E-state index in [0.717, 1.165) is 22.6 Å². The van der Waals surface area contributed by atoms with E-state index in [2.05, 4.69) is 28.5 Å². The van der Waals surface area contributed by atoms with Gasteiger partial charge in [0.15, 0.2) is 0 Å². The number of hydrogen-bond acceptors (Lipinski definition) is 3. The number of hydrogen-bond donors (Lipinski definition) is 1. The van der Waals surface area contributed by atoms with Gasteiger partial charge in [0.2, 0.25) is 0 Å². The fraction of sp³-hybridized carbons (Fsp3) is 0.118. The molecule has 2 aromatic carbocycles. The zero-order valence-corrected chi connectivity index (χ0v) is 11.6. The van der Waals surface area contributed by atoms with Gasteiger partial charge in [-0.1, -0.05) is 30.3 Å². The SMILES string of the molecule is CN(C)c1cc(Nc2cc[c]c3ccccc23)ccn1. The number of aromatic nitrogens is 1. The minimum absolute atomic E-state index is 0.932. The Labute approximate surface area is 118 Å². The van der Waals surface area contributed by atoms with Gasteiger partial charge in [0.25, 0.3) is 0 Å². The van der Waals surface area contributed by atoms with Crippen molar-refractivity contribution in [3.8, 4) is 0 Å². The van der Waals surface area contributed by atoms with Crippen molar-refractivity contribution < 1.29 is 0 Å². The smallest absolute Gasteiger partial charge is 0.130 e. The monoisotopic (exact) mass is 262 g/mol. The number of benzene rings is 2. The highest BCUT2D eigenvalue weighted by atomic mass is 15.1. The van der Waals surface area contributed by atoms with E-state index in [1.165, 1.54) is 5.39 Å². The molecule has 0 saturated carbocycles. The van der Waals surface area contributed by atoms with Gasteiger partial charge in [0.1, 0.15) is 5.82 Å². The van der Waals surface area contributed by atoms with Crippen molar-refractivity contribution in [3.05, 3.63) is 60.8 Å². The lowest BCUT2D eigenvalue weighted by Gasteiger charge is -2.14. The van der Waals surface area contributed by atoms with Gasteiger partial charge in [0, 0.05) is 43.1 Å². The molecule has 99 valence electrons. The van der Waals surface area contributed by atoms with Crippen molar-refractivity contribution in [2.24, 2.45) is 0 Å². The molecule has 0 bridgehead atoms. The van der Waals surface area contributed by atoms with Crippen LogP contribution in [0.1, 0.15) is 0 Å². The van der Waals surface area contributed by atoms with E-state index in [-0.39, 0.29) is 0 Å². The molecule has 1 aromatic heterocycles. The lowest BCUT2D eigenvalue weighted by atomic mass is 10.1. The number of rotatable bonds is 3. The van der Waals surface area contributed by atoms with Gasteiger partial charge in [0.05, 0.1) is 0 Å². The van der Waals surface area contributed by atoms with Crippen LogP contribution in [0.4, 0.5) is 17.2 Å². The first-order valence-corrected chi connectivity index (χ1v) is 6.54. The van der Waals surface area contributed by atoms with Crippen molar-refractivity contribution in [1.29, 1.82) is 0 Å². The van der Waals surface area contributed by atoms with E-state index >= 15 is 0 Å². The molecule has 0 atom stereocenters. The molecule has 0 amide bonds. The topological polar surface area (TPSA) is 28.2 Å². The van der Waals surface area contributed by atoms with Crippen molar-refractivity contribution in [2.75, 3.05) is 24.3 Å². The predicted molar refractivity (Wildman–Crippen MR) is 84.6 cm³/mol. The molecule has 0 aliphatic rings. The maximum absolute atomic E-state index is 4.32. The average Bonchev–Trinajstić information content (AvgIpc) is 2.48. The summed E-state index contributed by atoms with van der Waals surface area (Å²) in [6, 6.07) is 19.5. The minimum Gasteiger partial charge on any atom is -0.363 e. The molecule has 0 spiro atoms. The first-order chi connectivity index (χ1) is 9.74. The Morgan fingerprint density at radius 2 is 1.95 bits per heavy atom. The van der Waals surface area contributed by atoms with Gasteiger partial charge in [-0.2, -0.15) is 0 Å². The Balaban J connectivity index is 1.99. The van der Waals surface area contributed by atoms with E-state index in [1.54, 1.807) is 0 Å². The normalized spacial score (nSPS) is 10.5. The molecule has 1 N–H and O–H groups in total. The third kappa shape index (κ3) is 2.43. The molecule has 3 nitrogen and oxygen atoms in total. The van der Waals surface area contributed by atoms with Gasteiger partial charge in [-0.3, -0.25) is 0 Å². The molecule has 0 saturated heterocycles. The zero-order chi connectivity index (χ0) is 13.9. The summed E-state index contributed by atoms with van der Waals surface area (Å²) in [5.74, 6) is 0.932. The Bertz CT molecular complexity index is 730. The fourth-order valence-corrected chi connectivity index (χ4v) is 2.15. The molecule has 0 aliphatic heterocycles. The Hall–Kier alpha value is -2.55. The summed E-state index contributed by atoms with van der Waals surface area (Å²) >= 11 is 0. The molecular weight excluding hydrogens is 246 g/mol. The van der Waals surface area contributed by atoms with Crippen LogP contribution in [0.3, 0.4) is 0 Å². The minimum atomic E-state index is 0.932. The third-order valence-corrected chi connectivity index (χ3v) is 3.19. The van der Waals surface area contributed by atoms with Crippen LogP contribution < -0.4 is 10.2 Å². The summed E-state index contributed by atoms with van der Waals surface area (Å²) in [6.45, 7) is 0.